The number of hydrogen-bond acceptors (Lipinski definition) is 2. The molecular formula is C18H30O2. The van der Waals surface area contributed by atoms with Gasteiger partial charge in [-0.25, -0.2) is 0 Å². The van der Waals surface area contributed by atoms with E-state index >= 15 is 0 Å². The average Bonchev–Trinajstić information content (AvgIpc) is 2.46. The highest BCUT2D eigenvalue weighted by Gasteiger charge is 2.42. The predicted molar refractivity (Wildman–Crippen MR) is 81.6 cm³/mol. The lowest BCUT2D eigenvalue weighted by Gasteiger charge is -2.47. The van der Waals surface area contributed by atoms with Crippen molar-refractivity contribution in [2.45, 2.75) is 84.5 Å². The molecule has 20 heavy (non-hydrogen) atoms. The van der Waals surface area contributed by atoms with Crippen LogP contribution < -0.4 is 0 Å². The van der Waals surface area contributed by atoms with Crippen LogP contribution in [0, 0.1) is 17.3 Å². The minimum absolute atomic E-state index is 0.359. The van der Waals surface area contributed by atoms with Crippen molar-refractivity contribution in [2.75, 3.05) is 0 Å². The molecule has 0 bridgehead atoms. The van der Waals surface area contributed by atoms with Gasteiger partial charge in [0.05, 0.1) is 0 Å². The number of unbranched alkanes of at least 4 members (excludes halogenated alkanes) is 1. The third kappa shape index (κ3) is 3.51. The summed E-state index contributed by atoms with van der Waals surface area (Å²) in [6, 6.07) is 0. The Balaban J connectivity index is 2.07. The summed E-state index contributed by atoms with van der Waals surface area (Å²) < 4.78 is 0. The smallest absolute Gasteiger partial charge is 0.132 e. The van der Waals surface area contributed by atoms with E-state index in [9.17, 15) is 9.59 Å². The molecule has 0 unspecified atom stereocenters. The van der Waals surface area contributed by atoms with E-state index in [2.05, 4.69) is 13.8 Å². The first-order valence-corrected chi connectivity index (χ1v) is 8.59. The van der Waals surface area contributed by atoms with Gasteiger partial charge in [-0.1, -0.05) is 26.7 Å². The standard InChI is InChI=1S/C18H30O2/c1-3-4-13-18(2,14-5-9-16(19)10-6-14)15-7-11-17(20)12-8-15/h14-15H,3-13H2,1-2H3. The van der Waals surface area contributed by atoms with Gasteiger partial charge >= 0.3 is 0 Å². The van der Waals surface area contributed by atoms with E-state index in [1.54, 1.807) is 0 Å². The summed E-state index contributed by atoms with van der Waals surface area (Å²) in [7, 11) is 0. The second-order valence-electron chi connectivity index (χ2n) is 7.24. The van der Waals surface area contributed by atoms with Gasteiger partial charge in [-0.3, -0.25) is 9.59 Å². The van der Waals surface area contributed by atoms with Crippen molar-refractivity contribution in [3.05, 3.63) is 0 Å². The summed E-state index contributed by atoms with van der Waals surface area (Å²) in [5.41, 5.74) is 0.359. The molecule has 2 saturated carbocycles. The molecule has 2 nitrogen and oxygen atoms in total. The quantitative estimate of drug-likeness (QED) is 0.730. The molecule has 0 heterocycles. The maximum atomic E-state index is 11.5. The molecule has 114 valence electrons. The molecule has 0 aromatic rings. The SMILES string of the molecule is CCCCC(C)(C1CCC(=O)CC1)C1CCC(=O)CC1. The molecule has 0 radical (unpaired) electrons. The van der Waals surface area contributed by atoms with E-state index in [0.717, 1.165) is 51.4 Å². The minimum atomic E-state index is 0.359. The van der Waals surface area contributed by atoms with Crippen molar-refractivity contribution >= 4 is 11.6 Å². The van der Waals surface area contributed by atoms with Crippen LogP contribution in [0.15, 0.2) is 0 Å². The van der Waals surface area contributed by atoms with Crippen LogP contribution in [-0.2, 0) is 9.59 Å². The first-order valence-electron chi connectivity index (χ1n) is 8.59. The molecule has 2 heteroatoms. The lowest BCUT2D eigenvalue weighted by Crippen LogP contribution is -2.39. The van der Waals surface area contributed by atoms with E-state index < -0.39 is 0 Å². The lowest BCUT2D eigenvalue weighted by molar-refractivity contribution is -0.123. The number of carbonyl (C=O) groups excluding carboxylic acids is 2. The first-order chi connectivity index (χ1) is 9.56. The summed E-state index contributed by atoms with van der Waals surface area (Å²) >= 11 is 0. The second-order valence-corrected chi connectivity index (χ2v) is 7.24. The number of rotatable bonds is 5. The Morgan fingerprint density at radius 1 is 0.900 bits per heavy atom. The third-order valence-corrected chi connectivity index (χ3v) is 6.02. The molecule has 0 amide bonds. The number of carbonyl (C=O) groups is 2. The number of ketones is 2. The lowest BCUT2D eigenvalue weighted by atomic mass is 9.58. The van der Waals surface area contributed by atoms with Crippen LogP contribution in [0.3, 0.4) is 0 Å². The van der Waals surface area contributed by atoms with Gasteiger partial charge < -0.3 is 0 Å². The topological polar surface area (TPSA) is 34.1 Å². The molecule has 0 atom stereocenters. The van der Waals surface area contributed by atoms with Crippen LogP contribution >= 0.6 is 0 Å². The minimum Gasteiger partial charge on any atom is -0.300 e. The van der Waals surface area contributed by atoms with Crippen molar-refractivity contribution in [1.29, 1.82) is 0 Å². The molecule has 2 fully saturated rings. The Bertz CT molecular complexity index is 310. The molecule has 0 aliphatic heterocycles. The Kier molecular flexibility index (Phi) is 5.40. The normalized spacial score (nSPS) is 23.3. The van der Waals surface area contributed by atoms with Crippen LogP contribution in [0.4, 0.5) is 0 Å². The van der Waals surface area contributed by atoms with Crippen LogP contribution in [-0.4, -0.2) is 11.6 Å². The third-order valence-electron chi connectivity index (χ3n) is 6.02. The molecule has 0 aromatic carbocycles. The van der Waals surface area contributed by atoms with Crippen LogP contribution in [0.25, 0.3) is 0 Å². The summed E-state index contributed by atoms with van der Waals surface area (Å²) in [6.07, 6.45) is 11.3. The molecule has 2 aliphatic rings. The van der Waals surface area contributed by atoms with Gasteiger partial charge in [-0.05, 0) is 49.4 Å². The summed E-state index contributed by atoms with van der Waals surface area (Å²) in [4.78, 5) is 23.0. The van der Waals surface area contributed by atoms with E-state index in [-0.39, 0.29) is 0 Å². The Labute approximate surface area is 123 Å². The van der Waals surface area contributed by atoms with Gasteiger partial charge in [0.1, 0.15) is 11.6 Å². The maximum absolute atomic E-state index is 11.5. The fourth-order valence-corrected chi connectivity index (χ4v) is 4.50. The zero-order valence-electron chi connectivity index (χ0n) is 13.2. The van der Waals surface area contributed by atoms with E-state index in [4.69, 9.17) is 0 Å². The van der Waals surface area contributed by atoms with Crippen LogP contribution in [0.1, 0.15) is 84.5 Å². The van der Waals surface area contributed by atoms with Gasteiger partial charge in [0, 0.05) is 25.7 Å². The summed E-state index contributed by atoms with van der Waals surface area (Å²) in [5, 5.41) is 0. The van der Waals surface area contributed by atoms with Crippen LogP contribution in [0.5, 0.6) is 0 Å². The van der Waals surface area contributed by atoms with Crippen molar-refractivity contribution < 1.29 is 9.59 Å². The van der Waals surface area contributed by atoms with Gasteiger partial charge in [-0.2, -0.15) is 0 Å². The first kappa shape index (κ1) is 15.7. The average molecular weight is 278 g/mol. The van der Waals surface area contributed by atoms with Gasteiger partial charge in [0.25, 0.3) is 0 Å². The molecule has 2 aliphatic carbocycles. The zero-order valence-corrected chi connectivity index (χ0v) is 13.2. The Hall–Kier alpha value is -0.660. The fraction of sp³-hybridized carbons (Fsp3) is 0.889. The van der Waals surface area contributed by atoms with Gasteiger partial charge in [0.15, 0.2) is 0 Å². The van der Waals surface area contributed by atoms with Gasteiger partial charge in [0.2, 0.25) is 0 Å². The van der Waals surface area contributed by atoms with Crippen molar-refractivity contribution in [1.82, 2.24) is 0 Å². The highest BCUT2D eigenvalue weighted by molar-refractivity contribution is 5.79. The van der Waals surface area contributed by atoms with E-state index in [1.165, 1.54) is 19.3 Å². The van der Waals surface area contributed by atoms with Crippen LogP contribution in [0.2, 0.25) is 0 Å². The fourth-order valence-electron chi connectivity index (χ4n) is 4.50. The molecule has 0 spiro atoms. The van der Waals surface area contributed by atoms with Crippen molar-refractivity contribution in [3.63, 3.8) is 0 Å². The maximum Gasteiger partial charge on any atom is 0.132 e. The molecule has 0 N–H and O–H groups in total. The van der Waals surface area contributed by atoms with Crippen molar-refractivity contribution in [3.8, 4) is 0 Å². The van der Waals surface area contributed by atoms with E-state index in [0.29, 0.717) is 28.8 Å². The number of hydrogen-bond donors (Lipinski definition) is 0. The van der Waals surface area contributed by atoms with Crippen molar-refractivity contribution in [2.24, 2.45) is 17.3 Å². The summed E-state index contributed by atoms with van der Waals surface area (Å²) in [6.45, 7) is 4.72. The monoisotopic (exact) mass is 278 g/mol. The Morgan fingerprint density at radius 3 is 1.65 bits per heavy atom. The highest BCUT2D eigenvalue weighted by atomic mass is 16.1. The largest absolute Gasteiger partial charge is 0.300 e. The molecule has 2 rings (SSSR count). The summed E-state index contributed by atoms with van der Waals surface area (Å²) in [5.74, 6) is 2.31. The zero-order chi connectivity index (χ0) is 14.6. The van der Waals surface area contributed by atoms with Gasteiger partial charge in [-0.15, -0.1) is 0 Å². The predicted octanol–water partition coefficient (Wildman–Crippen LogP) is 4.70. The molecule has 0 aromatic heterocycles. The number of Topliss-reactive ketones (excluding diaryl/α,β-unsaturated/α-hetero) is 2. The van der Waals surface area contributed by atoms with E-state index in [1.807, 2.05) is 0 Å². The highest BCUT2D eigenvalue weighted by Crippen LogP contribution is 2.50. The Morgan fingerprint density at radius 2 is 1.30 bits per heavy atom. The second kappa shape index (κ2) is 6.87. The molecule has 0 saturated heterocycles. The molecular weight excluding hydrogens is 248 g/mol.